The molecule has 0 fully saturated rings. The summed E-state index contributed by atoms with van der Waals surface area (Å²) < 4.78 is 26.9. The zero-order chi connectivity index (χ0) is 19.1. The zero-order valence-corrected chi connectivity index (χ0v) is 15.4. The number of aryl methyl sites for hydroxylation is 1. The molecule has 26 heavy (non-hydrogen) atoms. The molecule has 1 aromatic heterocycles. The molecule has 3 aromatic rings. The quantitative estimate of drug-likeness (QED) is 0.362. The van der Waals surface area contributed by atoms with Crippen LogP contribution in [0.4, 0.5) is 0 Å². The Labute approximate surface area is 150 Å². The van der Waals surface area contributed by atoms with Crippen LogP contribution in [0.1, 0.15) is 23.2 Å². The average molecular weight is 376 g/mol. The smallest absolute Gasteiger partial charge is 0.264 e. The van der Waals surface area contributed by atoms with Gasteiger partial charge in [0.1, 0.15) is 0 Å². The molecule has 3 N–H and O–H groups in total. The number of nitrogens with one attached hydrogen (secondary N) is 1. The minimum Gasteiger partial charge on any atom is -0.357 e. The molecule has 138 valence electrons. The van der Waals surface area contributed by atoms with Crippen molar-refractivity contribution in [2.24, 2.45) is 5.73 Å². The lowest BCUT2D eigenvalue weighted by molar-refractivity contribution is 0.316. The monoisotopic (exact) mass is 376 g/mol. The van der Waals surface area contributed by atoms with E-state index < -0.39 is 21.0 Å². The van der Waals surface area contributed by atoms with E-state index in [1.807, 2.05) is 12.1 Å². The number of hydrogen-bond acceptors (Lipinski definition) is 6. The van der Waals surface area contributed by atoms with Crippen molar-refractivity contribution in [3.05, 3.63) is 55.5 Å². The SMILES string of the molecule is Cc1c(-c2ccc3[nH]c(CN)c(CCCOS(C)(=O)=O)c3c2)c(=O)c1=O. The summed E-state index contributed by atoms with van der Waals surface area (Å²) in [4.78, 5) is 26.6. The standard InChI is InChI=1S/C18H20N2O5S/c1-10-16(18(22)17(10)21)11-5-6-14-13(8-11)12(15(9-19)20-14)4-3-7-25-26(2,23)24/h5-6,8,20H,3-4,7,9,19H2,1-2H3. The molecule has 0 aliphatic rings. The van der Waals surface area contributed by atoms with Gasteiger partial charge in [0.05, 0.1) is 12.9 Å². The topological polar surface area (TPSA) is 119 Å². The van der Waals surface area contributed by atoms with Gasteiger partial charge in [-0.2, -0.15) is 8.42 Å². The third kappa shape index (κ3) is 3.35. The molecule has 1 heterocycles. The molecule has 0 unspecified atom stereocenters. The van der Waals surface area contributed by atoms with E-state index in [0.29, 0.717) is 36.1 Å². The number of aromatic amines is 1. The minimum absolute atomic E-state index is 0.0897. The highest BCUT2D eigenvalue weighted by Gasteiger charge is 2.19. The van der Waals surface area contributed by atoms with E-state index in [-0.39, 0.29) is 6.61 Å². The maximum absolute atomic E-state index is 11.9. The first-order chi connectivity index (χ1) is 12.2. The van der Waals surface area contributed by atoms with Crippen LogP contribution in [-0.4, -0.2) is 26.3 Å². The van der Waals surface area contributed by atoms with E-state index in [1.54, 1.807) is 13.0 Å². The Morgan fingerprint density at radius 3 is 2.54 bits per heavy atom. The van der Waals surface area contributed by atoms with Gasteiger partial charge in [-0.3, -0.25) is 13.8 Å². The summed E-state index contributed by atoms with van der Waals surface area (Å²) in [5.41, 5.74) is 9.27. The number of hydrogen-bond donors (Lipinski definition) is 2. The van der Waals surface area contributed by atoms with Crippen molar-refractivity contribution >= 4 is 21.0 Å². The van der Waals surface area contributed by atoms with Crippen LogP contribution in [0, 0.1) is 6.92 Å². The van der Waals surface area contributed by atoms with Crippen molar-refractivity contribution in [2.75, 3.05) is 12.9 Å². The van der Waals surface area contributed by atoms with Crippen LogP contribution < -0.4 is 16.6 Å². The molecule has 0 aliphatic carbocycles. The molecule has 0 spiro atoms. The van der Waals surface area contributed by atoms with Crippen molar-refractivity contribution in [3.8, 4) is 11.1 Å². The fraction of sp³-hybridized carbons (Fsp3) is 0.333. The number of benzene rings is 1. The van der Waals surface area contributed by atoms with Gasteiger partial charge >= 0.3 is 0 Å². The second-order valence-electron chi connectivity index (χ2n) is 6.33. The van der Waals surface area contributed by atoms with Gasteiger partial charge in [-0.05, 0) is 43.0 Å². The minimum atomic E-state index is -3.46. The molecule has 0 radical (unpaired) electrons. The predicted molar refractivity (Wildman–Crippen MR) is 100 cm³/mol. The van der Waals surface area contributed by atoms with E-state index in [1.165, 1.54) is 0 Å². The van der Waals surface area contributed by atoms with Crippen molar-refractivity contribution in [2.45, 2.75) is 26.3 Å². The fourth-order valence-corrected chi connectivity index (χ4v) is 3.65. The Morgan fingerprint density at radius 2 is 1.92 bits per heavy atom. The molecule has 2 aromatic carbocycles. The van der Waals surface area contributed by atoms with E-state index in [4.69, 9.17) is 9.92 Å². The number of rotatable bonds is 7. The molecule has 7 nitrogen and oxygen atoms in total. The summed E-state index contributed by atoms with van der Waals surface area (Å²) in [5, 5.41) is 0.912. The molecular weight excluding hydrogens is 356 g/mol. The van der Waals surface area contributed by atoms with E-state index in [2.05, 4.69) is 4.98 Å². The van der Waals surface area contributed by atoms with Gasteiger partial charge in [0.15, 0.2) is 0 Å². The van der Waals surface area contributed by atoms with Crippen LogP contribution >= 0.6 is 0 Å². The van der Waals surface area contributed by atoms with Gasteiger partial charge in [0.2, 0.25) is 10.9 Å². The Hall–Kier alpha value is -2.29. The lowest BCUT2D eigenvalue weighted by Gasteiger charge is -2.08. The van der Waals surface area contributed by atoms with E-state index in [0.717, 1.165) is 28.4 Å². The fourth-order valence-electron chi connectivity index (χ4n) is 3.23. The average Bonchev–Trinajstić information content (AvgIpc) is 2.95. The van der Waals surface area contributed by atoms with Crippen molar-refractivity contribution in [1.29, 1.82) is 0 Å². The van der Waals surface area contributed by atoms with Crippen LogP contribution in [0.5, 0.6) is 0 Å². The van der Waals surface area contributed by atoms with Gasteiger partial charge in [-0.1, -0.05) is 6.07 Å². The highest BCUT2D eigenvalue weighted by Crippen LogP contribution is 2.29. The summed E-state index contributed by atoms with van der Waals surface area (Å²) in [6, 6.07) is 5.54. The van der Waals surface area contributed by atoms with Gasteiger partial charge in [0.25, 0.3) is 10.1 Å². The van der Waals surface area contributed by atoms with E-state index in [9.17, 15) is 18.0 Å². The number of nitrogens with two attached hydrogens (primary N) is 1. The van der Waals surface area contributed by atoms with Crippen LogP contribution in [0.2, 0.25) is 0 Å². The van der Waals surface area contributed by atoms with Crippen molar-refractivity contribution < 1.29 is 12.6 Å². The first-order valence-corrected chi connectivity index (χ1v) is 10.0. The molecule has 0 bridgehead atoms. The van der Waals surface area contributed by atoms with E-state index >= 15 is 0 Å². The van der Waals surface area contributed by atoms with Gasteiger partial charge in [-0.25, -0.2) is 0 Å². The molecular formula is C18H20N2O5S. The maximum atomic E-state index is 11.9. The maximum Gasteiger partial charge on any atom is 0.264 e. The molecule has 0 saturated carbocycles. The second kappa shape index (κ2) is 6.79. The van der Waals surface area contributed by atoms with Crippen LogP contribution in [0.25, 0.3) is 22.0 Å². The van der Waals surface area contributed by atoms with Crippen LogP contribution in [-0.2, 0) is 27.3 Å². The number of fused-ring (bicyclic) bond motifs is 1. The summed E-state index contributed by atoms with van der Waals surface area (Å²) in [5.74, 6) is 0. The first-order valence-electron chi connectivity index (χ1n) is 8.21. The third-order valence-electron chi connectivity index (χ3n) is 4.50. The van der Waals surface area contributed by atoms with Crippen molar-refractivity contribution in [1.82, 2.24) is 4.98 Å². The third-order valence-corrected chi connectivity index (χ3v) is 5.10. The molecule has 8 heteroatoms. The normalized spacial score (nSPS) is 12.3. The highest BCUT2D eigenvalue weighted by molar-refractivity contribution is 7.85. The predicted octanol–water partition coefficient (Wildman–Crippen LogP) is 1.11. The van der Waals surface area contributed by atoms with Gasteiger partial charge in [-0.15, -0.1) is 0 Å². The molecule has 3 rings (SSSR count). The number of H-pyrrole nitrogens is 1. The molecule has 0 saturated heterocycles. The molecule has 0 atom stereocenters. The highest BCUT2D eigenvalue weighted by atomic mass is 32.2. The Bertz CT molecular complexity index is 1150. The lowest BCUT2D eigenvalue weighted by Crippen LogP contribution is -2.35. The first kappa shape index (κ1) is 18.5. The summed E-state index contributed by atoms with van der Waals surface area (Å²) in [6.07, 6.45) is 2.11. The Morgan fingerprint density at radius 1 is 1.19 bits per heavy atom. The van der Waals surface area contributed by atoms with Crippen LogP contribution in [0.15, 0.2) is 27.8 Å². The lowest BCUT2D eigenvalue weighted by atomic mass is 9.93. The second-order valence-corrected chi connectivity index (χ2v) is 7.98. The number of aromatic nitrogens is 1. The Kier molecular flexibility index (Phi) is 4.83. The molecule has 0 amide bonds. The summed E-state index contributed by atoms with van der Waals surface area (Å²) in [7, 11) is -3.46. The van der Waals surface area contributed by atoms with Crippen LogP contribution in [0.3, 0.4) is 0 Å². The molecule has 0 aliphatic heterocycles. The largest absolute Gasteiger partial charge is 0.357 e. The summed E-state index contributed by atoms with van der Waals surface area (Å²) >= 11 is 0. The summed E-state index contributed by atoms with van der Waals surface area (Å²) in [6.45, 7) is 2.05. The Balaban J connectivity index is 1.95. The van der Waals surface area contributed by atoms with Gasteiger partial charge in [0, 0.05) is 34.3 Å². The van der Waals surface area contributed by atoms with Gasteiger partial charge < -0.3 is 10.7 Å². The van der Waals surface area contributed by atoms with Crippen molar-refractivity contribution in [3.63, 3.8) is 0 Å². The zero-order valence-electron chi connectivity index (χ0n) is 14.6.